The molecule has 1 N–H and O–H groups in total. The molecule has 3 rings (SSSR count). The normalized spacial score (nSPS) is 10.7. The molecule has 0 amide bonds. The Morgan fingerprint density at radius 1 is 1.35 bits per heavy atom. The second kappa shape index (κ2) is 5.30. The van der Waals surface area contributed by atoms with Gasteiger partial charge in [0.05, 0.1) is 7.11 Å². The lowest BCUT2D eigenvalue weighted by atomic mass is 10.2. The van der Waals surface area contributed by atoms with Gasteiger partial charge in [-0.3, -0.25) is 0 Å². The van der Waals surface area contributed by atoms with Crippen LogP contribution in [0.1, 0.15) is 5.56 Å². The molecule has 3 aromatic heterocycles. The van der Waals surface area contributed by atoms with Gasteiger partial charge in [0.15, 0.2) is 0 Å². The highest BCUT2D eigenvalue weighted by Crippen LogP contribution is 2.16. The largest absolute Gasteiger partial charge is 0.481 e. The summed E-state index contributed by atoms with van der Waals surface area (Å²) in [4.78, 5) is 12.1. The Kier molecular flexibility index (Phi) is 3.34. The van der Waals surface area contributed by atoms with Crippen LogP contribution >= 0.6 is 11.6 Å². The second-order valence-corrected chi connectivity index (χ2v) is 4.38. The summed E-state index contributed by atoms with van der Waals surface area (Å²) in [6.45, 7) is 0.578. The van der Waals surface area contributed by atoms with E-state index in [1.165, 1.54) is 6.33 Å². The van der Waals surface area contributed by atoms with E-state index in [9.17, 15) is 0 Å². The number of aromatic nitrogens is 5. The lowest BCUT2D eigenvalue weighted by Gasteiger charge is -2.08. The lowest BCUT2D eigenvalue weighted by molar-refractivity contribution is 0.397. The summed E-state index contributed by atoms with van der Waals surface area (Å²) < 4.78 is 6.67. The third-order valence-corrected chi connectivity index (χ3v) is 2.90. The van der Waals surface area contributed by atoms with Crippen molar-refractivity contribution in [3.05, 3.63) is 41.4 Å². The molecule has 0 atom stereocenters. The zero-order chi connectivity index (χ0) is 13.9. The number of hydrogen-bond acceptors (Lipinski definition) is 6. The average Bonchev–Trinajstić information content (AvgIpc) is 2.93. The molecule has 102 valence electrons. The maximum absolute atomic E-state index is 5.95. The fourth-order valence-corrected chi connectivity index (χ4v) is 1.95. The summed E-state index contributed by atoms with van der Waals surface area (Å²) in [6.07, 6.45) is 3.12. The number of halogens is 1. The third-order valence-electron chi connectivity index (χ3n) is 2.70. The quantitative estimate of drug-likeness (QED) is 0.738. The van der Waals surface area contributed by atoms with Gasteiger partial charge in [0, 0.05) is 24.9 Å². The van der Waals surface area contributed by atoms with Crippen LogP contribution in [0.2, 0.25) is 5.15 Å². The minimum absolute atomic E-state index is 0.361. The fraction of sp³-hybridized carbons (Fsp3) is 0.167. The monoisotopic (exact) mass is 290 g/mol. The first-order valence-electron chi connectivity index (χ1n) is 5.85. The summed E-state index contributed by atoms with van der Waals surface area (Å²) in [5.74, 6) is 1.74. The van der Waals surface area contributed by atoms with Gasteiger partial charge in [0.25, 0.3) is 5.78 Å². The summed E-state index contributed by atoms with van der Waals surface area (Å²) in [5.41, 5.74) is 1.03. The second-order valence-electron chi connectivity index (χ2n) is 4.00. The van der Waals surface area contributed by atoms with Gasteiger partial charge in [0.1, 0.15) is 17.3 Å². The molecule has 3 aromatic rings. The van der Waals surface area contributed by atoms with Gasteiger partial charge in [-0.2, -0.15) is 19.6 Å². The molecular weight excluding hydrogens is 280 g/mol. The highest BCUT2D eigenvalue weighted by Gasteiger charge is 2.06. The van der Waals surface area contributed by atoms with Crippen molar-refractivity contribution in [3.63, 3.8) is 0 Å². The van der Waals surface area contributed by atoms with Crippen LogP contribution in [0.25, 0.3) is 5.78 Å². The molecule has 0 fully saturated rings. The molecule has 0 bridgehead atoms. The average molecular weight is 291 g/mol. The summed E-state index contributed by atoms with van der Waals surface area (Å²) in [7, 11) is 1.58. The highest BCUT2D eigenvalue weighted by molar-refractivity contribution is 6.29. The molecule has 0 radical (unpaired) electrons. The minimum Gasteiger partial charge on any atom is -0.481 e. The van der Waals surface area contributed by atoms with Crippen LogP contribution in [0.4, 0.5) is 5.82 Å². The van der Waals surface area contributed by atoms with Gasteiger partial charge < -0.3 is 10.1 Å². The van der Waals surface area contributed by atoms with Crippen LogP contribution in [0.5, 0.6) is 5.88 Å². The third kappa shape index (κ3) is 2.48. The number of nitrogens with one attached hydrogen (secondary N) is 1. The smallest absolute Gasteiger partial charge is 0.255 e. The van der Waals surface area contributed by atoms with Crippen LogP contribution in [-0.4, -0.2) is 31.7 Å². The first-order valence-corrected chi connectivity index (χ1v) is 6.23. The van der Waals surface area contributed by atoms with E-state index in [1.54, 1.807) is 23.9 Å². The van der Waals surface area contributed by atoms with Crippen molar-refractivity contribution in [2.75, 3.05) is 12.4 Å². The molecule has 7 nitrogen and oxygen atoms in total. The van der Waals surface area contributed by atoms with Crippen LogP contribution in [0.3, 0.4) is 0 Å². The number of fused-ring (bicyclic) bond motifs is 1. The van der Waals surface area contributed by atoms with Crippen molar-refractivity contribution >= 4 is 23.2 Å². The minimum atomic E-state index is 0.361. The topological polar surface area (TPSA) is 77.2 Å². The molecule has 0 spiro atoms. The molecular formula is C12H11ClN6O. The van der Waals surface area contributed by atoms with E-state index in [4.69, 9.17) is 16.3 Å². The Bertz CT molecular complexity index is 744. The van der Waals surface area contributed by atoms with Gasteiger partial charge >= 0.3 is 0 Å². The summed E-state index contributed by atoms with van der Waals surface area (Å²) in [5, 5.41) is 7.69. The van der Waals surface area contributed by atoms with Crippen LogP contribution in [0.15, 0.2) is 30.7 Å². The molecule has 0 unspecified atom stereocenters. The van der Waals surface area contributed by atoms with Crippen molar-refractivity contribution < 1.29 is 4.74 Å². The van der Waals surface area contributed by atoms with Gasteiger partial charge in [-0.25, -0.2) is 4.98 Å². The first kappa shape index (κ1) is 12.6. The van der Waals surface area contributed by atoms with E-state index in [0.29, 0.717) is 29.2 Å². The molecule has 0 saturated heterocycles. The molecule has 0 aromatic carbocycles. The van der Waals surface area contributed by atoms with Gasteiger partial charge in [-0.15, -0.1) is 0 Å². The number of ether oxygens (including phenoxy) is 1. The van der Waals surface area contributed by atoms with Crippen LogP contribution < -0.4 is 10.1 Å². The zero-order valence-corrected chi connectivity index (χ0v) is 11.4. The number of methoxy groups -OCH3 is 1. The van der Waals surface area contributed by atoms with Crippen LogP contribution in [0, 0.1) is 0 Å². The molecule has 8 heteroatoms. The summed E-state index contributed by atoms with van der Waals surface area (Å²) >= 11 is 5.95. The Labute approximate surface area is 119 Å². The lowest BCUT2D eigenvalue weighted by Crippen LogP contribution is -2.06. The van der Waals surface area contributed by atoms with Crippen molar-refractivity contribution in [2.24, 2.45) is 0 Å². The SMILES string of the molecule is COc1cc(CNc2cc(Cl)nc3ncnn23)ccn1. The van der Waals surface area contributed by atoms with Crippen molar-refractivity contribution in [1.82, 2.24) is 24.6 Å². The van der Waals surface area contributed by atoms with E-state index in [1.807, 2.05) is 12.1 Å². The maximum Gasteiger partial charge on any atom is 0.255 e. The van der Waals surface area contributed by atoms with Gasteiger partial charge in [0.2, 0.25) is 5.88 Å². The zero-order valence-electron chi connectivity index (χ0n) is 10.6. The van der Waals surface area contributed by atoms with Crippen LogP contribution in [-0.2, 0) is 6.54 Å². The van der Waals surface area contributed by atoms with Gasteiger partial charge in [-0.1, -0.05) is 11.6 Å². The van der Waals surface area contributed by atoms with Gasteiger partial charge in [-0.05, 0) is 11.6 Å². The standard InChI is InChI=1S/C12H11ClN6O/c1-20-11-4-8(2-3-14-11)6-15-10-5-9(13)18-12-16-7-17-19(10)12/h2-5,7,15H,6H2,1H3. The molecule has 0 aliphatic carbocycles. The van der Waals surface area contributed by atoms with E-state index in [-0.39, 0.29) is 0 Å². The highest BCUT2D eigenvalue weighted by atomic mass is 35.5. The Balaban J connectivity index is 1.84. The predicted molar refractivity (Wildman–Crippen MR) is 73.9 cm³/mol. The number of rotatable bonds is 4. The fourth-order valence-electron chi connectivity index (χ4n) is 1.77. The Hall–Kier alpha value is -2.41. The molecule has 0 aliphatic heterocycles. The van der Waals surface area contributed by atoms with E-state index < -0.39 is 0 Å². The number of hydrogen-bond donors (Lipinski definition) is 1. The molecule has 0 saturated carbocycles. The molecule has 0 aliphatic rings. The summed E-state index contributed by atoms with van der Waals surface area (Å²) in [6, 6.07) is 5.45. The van der Waals surface area contributed by atoms with Crippen molar-refractivity contribution in [3.8, 4) is 5.88 Å². The Morgan fingerprint density at radius 3 is 3.10 bits per heavy atom. The number of anilines is 1. The van der Waals surface area contributed by atoms with E-state index in [0.717, 1.165) is 5.56 Å². The first-order chi connectivity index (χ1) is 9.76. The maximum atomic E-state index is 5.95. The van der Waals surface area contributed by atoms with Crippen molar-refractivity contribution in [2.45, 2.75) is 6.54 Å². The molecule has 3 heterocycles. The van der Waals surface area contributed by atoms with E-state index >= 15 is 0 Å². The number of nitrogens with zero attached hydrogens (tertiary/aromatic N) is 5. The number of pyridine rings is 1. The Morgan fingerprint density at radius 2 is 2.25 bits per heavy atom. The molecule has 20 heavy (non-hydrogen) atoms. The van der Waals surface area contributed by atoms with Crippen molar-refractivity contribution in [1.29, 1.82) is 0 Å². The predicted octanol–water partition coefficient (Wildman–Crippen LogP) is 1.79. The van der Waals surface area contributed by atoms with E-state index in [2.05, 4.69) is 25.4 Å².